The van der Waals surface area contributed by atoms with Crippen LogP contribution in [-0.2, 0) is 17.8 Å². The molecule has 0 aliphatic rings. The summed E-state index contributed by atoms with van der Waals surface area (Å²) in [6.07, 6.45) is 1.69. The van der Waals surface area contributed by atoms with E-state index in [9.17, 15) is 4.79 Å². The monoisotopic (exact) mass is 360 g/mol. The standard InChI is InChI=1S/C15H16N6OS2/c1-2-6-11-17-20-15(23)21(11)9-12(22)16-14-19-18-13(24-14)10-7-4-3-5-8-10/h3-5,7-8H,2,6,9H2,1H3,(H,20,23)(H,16,19,22). The first-order valence-electron chi connectivity index (χ1n) is 7.50. The number of hydrogen-bond donors (Lipinski definition) is 2. The van der Waals surface area contributed by atoms with Gasteiger partial charge in [0.15, 0.2) is 4.77 Å². The lowest BCUT2D eigenvalue weighted by Gasteiger charge is -2.05. The first-order chi connectivity index (χ1) is 11.7. The van der Waals surface area contributed by atoms with Crippen LogP contribution < -0.4 is 5.32 Å². The molecule has 2 heterocycles. The molecule has 1 aromatic carbocycles. The van der Waals surface area contributed by atoms with Crippen LogP contribution in [0.1, 0.15) is 19.2 Å². The minimum Gasteiger partial charge on any atom is -0.299 e. The lowest BCUT2D eigenvalue weighted by Crippen LogP contribution is -2.20. The highest BCUT2D eigenvalue weighted by atomic mass is 32.1. The minimum absolute atomic E-state index is 0.102. The van der Waals surface area contributed by atoms with Crippen molar-refractivity contribution in [2.45, 2.75) is 26.3 Å². The van der Waals surface area contributed by atoms with Gasteiger partial charge in [0, 0.05) is 12.0 Å². The summed E-state index contributed by atoms with van der Waals surface area (Å²) in [5.74, 6) is 0.570. The van der Waals surface area contributed by atoms with Crippen molar-refractivity contribution in [2.75, 3.05) is 5.32 Å². The highest BCUT2D eigenvalue weighted by Crippen LogP contribution is 2.25. The van der Waals surface area contributed by atoms with Gasteiger partial charge in [-0.1, -0.05) is 48.6 Å². The topological polar surface area (TPSA) is 88.5 Å². The zero-order valence-electron chi connectivity index (χ0n) is 13.0. The van der Waals surface area contributed by atoms with Crippen molar-refractivity contribution in [2.24, 2.45) is 0 Å². The number of nitrogens with zero attached hydrogens (tertiary/aromatic N) is 4. The van der Waals surface area contributed by atoms with Crippen molar-refractivity contribution in [3.63, 3.8) is 0 Å². The van der Waals surface area contributed by atoms with Gasteiger partial charge < -0.3 is 0 Å². The zero-order chi connectivity index (χ0) is 16.9. The fraction of sp³-hybridized carbons (Fsp3) is 0.267. The van der Waals surface area contributed by atoms with Crippen LogP contribution in [0.2, 0.25) is 0 Å². The SMILES string of the molecule is CCCc1n[nH]c(=S)n1CC(=O)Nc1nnc(-c2ccccc2)s1. The summed E-state index contributed by atoms with van der Waals surface area (Å²) in [6, 6.07) is 9.72. The lowest BCUT2D eigenvalue weighted by molar-refractivity contribution is -0.116. The largest absolute Gasteiger partial charge is 0.299 e. The molecule has 0 atom stereocenters. The Morgan fingerprint density at radius 3 is 2.88 bits per heavy atom. The summed E-state index contributed by atoms with van der Waals surface area (Å²) in [7, 11) is 0. The third-order valence-corrected chi connectivity index (χ3v) is 4.50. The second-order valence-corrected chi connectivity index (χ2v) is 6.47. The molecule has 0 radical (unpaired) electrons. The van der Waals surface area contributed by atoms with Crippen molar-refractivity contribution in [3.05, 3.63) is 40.9 Å². The summed E-state index contributed by atoms with van der Waals surface area (Å²) in [4.78, 5) is 12.3. The molecule has 2 N–H and O–H groups in total. The average Bonchev–Trinajstić information content (AvgIpc) is 3.18. The predicted octanol–water partition coefficient (Wildman–Crippen LogP) is 3.05. The highest BCUT2D eigenvalue weighted by molar-refractivity contribution is 7.71. The van der Waals surface area contributed by atoms with Gasteiger partial charge in [-0.05, 0) is 18.6 Å². The Hall–Kier alpha value is -2.39. The molecule has 9 heteroatoms. The molecule has 2 aromatic heterocycles. The minimum atomic E-state index is -0.208. The van der Waals surface area contributed by atoms with E-state index in [1.54, 1.807) is 4.57 Å². The third-order valence-electron chi connectivity index (χ3n) is 3.30. The maximum absolute atomic E-state index is 12.3. The van der Waals surface area contributed by atoms with Crippen molar-refractivity contribution < 1.29 is 4.79 Å². The molecule has 0 spiro atoms. The summed E-state index contributed by atoms with van der Waals surface area (Å²) in [6.45, 7) is 2.15. The molecule has 0 saturated heterocycles. The van der Waals surface area contributed by atoms with E-state index >= 15 is 0 Å². The summed E-state index contributed by atoms with van der Waals surface area (Å²) in [5.41, 5.74) is 0.970. The van der Waals surface area contributed by atoms with Gasteiger partial charge in [0.1, 0.15) is 17.4 Å². The first-order valence-corrected chi connectivity index (χ1v) is 8.72. The van der Waals surface area contributed by atoms with Gasteiger partial charge >= 0.3 is 0 Å². The number of rotatable bonds is 6. The van der Waals surface area contributed by atoms with Crippen LogP contribution >= 0.6 is 23.6 Å². The molecule has 7 nitrogen and oxygen atoms in total. The summed E-state index contributed by atoms with van der Waals surface area (Å²) < 4.78 is 2.14. The molecule has 0 fully saturated rings. The van der Waals surface area contributed by atoms with E-state index in [-0.39, 0.29) is 12.5 Å². The molecular formula is C15H16N6OS2. The number of H-pyrrole nitrogens is 1. The molecule has 0 aliphatic carbocycles. The zero-order valence-corrected chi connectivity index (χ0v) is 14.7. The number of anilines is 1. The number of aromatic nitrogens is 5. The van der Waals surface area contributed by atoms with Crippen LogP contribution in [0.25, 0.3) is 10.6 Å². The smallest absolute Gasteiger partial charge is 0.246 e. The maximum atomic E-state index is 12.3. The molecule has 3 rings (SSSR count). The number of benzene rings is 1. The number of carbonyl (C=O) groups is 1. The van der Waals surface area contributed by atoms with E-state index in [0.29, 0.717) is 9.90 Å². The van der Waals surface area contributed by atoms with Gasteiger partial charge in [-0.2, -0.15) is 5.10 Å². The second-order valence-electron chi connectivity index (χ2n) is 5.11. The number of hydrogen-bond acceptors (Lipinski definition) is 6. The highest BCUT2D eigenvalue weighted by Gasteiger charge is 2.13. The number of nitrogens with one attached hydrogen (secondary N) is 2. The Kier molecular flexibility index (Phi) is 5.11. The van der Waals surface area contributed by atoms with E-state index in [0.717, 1.165) is 29.2 Å². The molecule has 24 heavy (non-hydrogen) atoms. The van der Waals surface area contributed by atoms with Gasteiger partial charge in [0.2, 0.25) is 11.0 Å². The molecule has 1 amide bonds. The predicted molar refractivity (Wildman–Crippen MR) is 95.4 cm³/mol. The van der Waals surface area contributed by atoms with Crippen molar-refractivity contribution in [3.8, 4) is 10.6 Å². The Morgan fingerprint density at radius 1 is 1.33 bits per heavy atom. The van der Waals surface area contributed by atoms with Crippen LogP contribution in [0, 0.1) is 4.77 Å². The second kappa shape index (κ2) is 7.45. The van der Waals surface area contributed by atoms with E-state index < -0.39 is 0 Å². The van der Waals surface area contributed by atoms with Crippen molar-refractivity contribution >= 4 is 34.6 Å². The number of aromatic amines is 1. The lowest BCUT2D eigenvalue weighted by atomic mass is 10.2. The molecule has 0 unspecified atom stereocenters. The normalized spacial score (nSPS) is 10.7. The van der Waals surface area contributed by atoms with Gasteiger partial charge in [-0.15, -0.1) is 10.2 Å². The van der Waals surface area contributed by atoms with Gasteiger partial charge in [0.05, 0.1) is 0 Å². The fourth-order valence-corrected chi connectivity index (χ4v) is 3.18. The molecule has 124 valence electrons. The molecule has 0 bridgehead atoms. The Bertz CT molecular complexity index is 883. The number of carbonyl (C=O) groups excluding carboxylic acids is 1. The van der Waals surface area contributed by atoms with E-state index in [1.807, 2.05) is 30.3 Å². The van der Waals surface area contributed by atoms with E-state index in [1.165, 1.54) is 11.3 Å². The van der Waals surface area contributed by atoms with Crippen molar-refractivity contribution in [1.29, 1.82) is 0 Å². The fourth-order valence-electron chi connectivity index (χ4n) is 2.20. The quantitative estimate of drug-likeness (QED) is 0.660. The number of amides is 1. The van der Waals surface area contributed by atoms with Crippen LogP contribution in [0.15, 0.2) is 30.3 Å². The molecule has 0 aliphatic heterocycles. The molecule has 0 saturated carbocycles. The van der Waals surface area contributed by atoms with Gasteiger partial charge in [-0.25, -0.2) is 0 Å². The van der Waals surface area contributed by atoms with Gasteiger partial charge in [0.25, 0.3) is 0 Å². The van der Waals surface area contributed by atoms with E-state index in [2.05, 4.69) is 32.6 Å². The Labute approximate surface area is 147 Å². The first kappa shape index (κ1) is 16.5. The third kappa shape index (κ3) is 3.74. The van der Waals surface area contributed by atoms with Gasteiger partial charge in [-0.3, -0.25) is 19.8 Å². The summed E-state index contributed by atoms with van der Waals surface area (Å²) >= 11 is 6.51. The molecule has 3 aromatic rings. The Balaban J connectivity index is 1.69. The maximum Gasteiger partial charge on any atom is 0.246 e. The van der Waals surface area contributed by atoms with Crippen LogP contribution in [0.4, 0.5) is 5.13 Å². The van der Waals surface area contributed by atoms with E-state index in [4.69, 9.17) is 12.2 Å². The summed E-state index contributed by atoms with van der Waals surface area (Å²) in [5, 5.41) is 19.0. The molecular weight excluding hydrogens is 344 g/mol. The van der Waals surface area contributed by atoms with Crippen LogP contribution in [0.3, 0.4) is 0 Å². The van der Waals surface area contributed by atoms with Crippen molar-refractivity contribution in [1.82, 2.24) is 25.0 Å². The Morgan fingerprint density at radius 2 is 2.12 bits per heavy atom. The van der Waals surface area contributed by atoms with Crippen LogP contribution in [-0.4, -0.2) is 30.9 Å². The number of aryl methyl sites for hydroxylation is 1. The van der Waals surface area contributed by atoms with Crippen LogP contribution in [0.5, 0.6) is 0 Å². The average molecular weight is 360 g/mol.